The number of nitrogens with two attached hydrogens (primary N) is 1. The van der Waals surface area contributed by atoms with Crippen molar-refractivity contribution in [3.8, 4) is 11.5 Å². The van der Waals surface area contributed by atoms with Crippen LogP contribution in [-0.2, 0) is 17.7 Å². The maximum Gasteiger partial charge on any atom is 0.411 e. The zero-order chi connectivity index (χ0) is 22.0. The number of benzene rings is 2. The Morgan fingerprint density at radius 1 is 1.13 bits per heavy atom. The molecule has 0 saturated heterocycles. The molecule has 4 rings (SSSR count). The van der Waals surface area contributed by atoms with Crippen LogP contribution >= 0.6 is 0 Å². The summed E-state index contributed by atoms with van der Waals surface area (Å²) >= 11 is 0. The highest BCUT2D eigenvalue weighted by Crippen LogP contribution is 2.34. The SMILES string of the molecule is CCOC(=O)Nc1ccc2c(c1)CN(c1nc(N)c3cc(OC)c(OC)cc3n1)CC2. The van der Waals surface area contributed by atoms with Gasteiger partial charge in [0.05, 0.1) is 26.3 Å². The van der Waals surface area contributed by atoms with Crippen molar-refractivity contribution in [3.05, 3.63) is 41.5 Å². The largest absolute Gasteiger partial charge is 0.493 e. The monoisotopic (exact) mass is 423 g/mol. The van der Waals surface area contributed by atoms with Gasteiger partial charge in [-0.1, -0.05) is 6.07 Å². The third kappa shape index (κ3) is 4.11. The van der Waals surface area contributed by atoms with E-state index in [2.05, 4.69) is 15.2 Å². The molecule has 0 atom stereocenters. The summed E-state index contributed by atoms with van der Waals surface area (Å²) in [6, 6.07) is 9.45. The van der Waals surface area contributed by atoms with E-state index in [1.165, 1.54) is 5.56 Å². The second kappa shape index (κ2) is 8.55. The van der Waals surface area contributed by atoms with Crippen LogP contribution < -0.4 is 25.4 Å². The van der Waals surface area contributed by atoms with Crippen LogP contribution in [0.1, 0.15) is 18.1 Å². The molecule has 2 aromatic carbocycles. The first kappa shape index (κ1) is 20.5. The van der Waals surface area contributed by atoms with E-state index in [0.29, 0.717) is 53.0 Å². The average Bonchev–Trinajstić information content (AvgIpc) is 2.77. The Bertz CT molecular complexity index is 1130. The molecule has 1 aliphatic rings. The number of nitrogen functional groups attached to an aromatic ring is 1. The molecular formula is C22H25N5O4. The fourth-order valence-electron chi connectivity index (χ4n) is 3.70. The normalized spacial score (nSPS) is 12.9. The lowest BCUT2D eigenvalue weighted by Crippen LogP contribution is -2.32. The van der Waals surface area contributed by atoms with Gasteiger partial charge in [-0.2, -0.15) is 4.98 Å². The molecule has 0 fully saturated rings. The molecule has 0 radical (unpaired) electrons. The number of hydrogen-bond acceptors (Lipinski definition) is 8. The summed E-state index contributed by atoms with van der Waals surface area (Å²) in [5.41, 5.74) is 9.94. The number of carbonyl (C=O) groups excluding carboxylic acids is 1. The summed E-state index contributed by atoms with van der Waals surface area (Å²) in [6.45, 7) is 3.45. The van der Waals surface area contributed by atoms with Gasteiger partial charge in [0, 0.05) is 30.2 Å². The fraction of sp³-hybridized carbons (Fsp3) is 0.318. The standard InChI is InChI=1S/C22H25N5O4/c1-4-31-22(28)24-15-6-5-13-7-8-27(12-14(13)9-15)21-25-17-11-19(30-3)18(29-2)10-16(17)20(23)26-21/h5-6,9-11H,4,7-8,12H2,1-3H3,(H,24,28)(H2,23,25,26). The summed E-state index contributed by atoms with van der Waals surface area (Å²) in [4.78, 5) is 23.1. The van der Waals surface area contributed by atoms with Crippen molar-refractivity contribution in [1.29, 1.82) is 0 Å². The van der Waals surface area contributed by atoms with Crippen LogP contribution in [0.15, 0.2) is 30.3 Å². The molecule has 1 aliphatic heterocycles. The van der Waals surface area contributed by atoms with Gasteiger partial charge in [-0.3, -0.25) is 5.32 Å². The molecule has 162 valence electrons. The Hall–Kier alpha value is -3.75. The molecule has 9 nitrogen and oxygen atoms in total. The van der Waals surface area contributed by atoms with E-state index in [4.69, 9.17) is 24.9 Å². The molecule has 2 heterocycles. The number of fused-ring (bicyclic) bond motifs is 2. The van der Waals surface area contributed by atoms with Crippen LogP contribution in [0.2, 0.25) is 0 Å². The van der Waals surface area contributed by atoms with Crippen LogP contribution in [0.5, 0.6) is 11.5 Å². The summed E-state index contributed by atoms with van der Waals surface area (Å²) in [7, 11) is 3.16. The van der Waals surface area contributed by atoms with Gasteiger partial charge < -0.3 is 24.8 Å². The highest BCUT2D eigenvalue weighted by Gasteiger charge is 2.21. The van der Waals surface area contributed by atoms with Gasteiger partial charge in [0.2, 0.25) is 5.95 Å². The van der Waals surface area contributed by atoms with E-state index in [1.807, 2.05) is 18.2 Å². The number of anilines is 3. The lowest BCUT2D eigenvalue weighted by molar-refractivity contribution is 0.168. The van der Waals surface area contributed by atoms with Gasteiger partial charge in [-0.15, -0.1) is 0 Å². The molecule has 9 heteroatoms. The molecular weight excluding hydrogens is 398 g/mol. The van der Waals surface area contributed by atoms with E-state index in [9.17, 15) is 4.79 Å². The highest BCUT2D eigenvalue weighted by molar-refractivity contribution is 5.91. The van der Waals surface area contributed by atoms with Crippen LogP contribution in [0.4, 0.5) is 22.2 Å². The van der Waals surface area contributed by atoms with Crippen molar-refractivity contribution < 1.29 is 19.0 Å². The van der Waals surface area contributed by atoms with Crippen LogP contribution in [0, 0.1) is 0 Å². The number of nitrogens with zero attached hydrogens (tertiary/aromatic N) is 3. The molecule has 0 unspecified atom stereocenters. The molecule has 1 aromatic heterocycles. The molecule has 1 amide bonds. The lowest BCUT2D eigenvalue weighted by Gasteiger charge is -2.29. The number of methoxy groups -OCH3 is 2. The summed E-state index contributed by atoms with van der Waals surface area (Å²) in [5, 5.41) is 3.46. The van der Waals surface area contributed by atoms with Gasteiger partial charge in [0.15, 0.2) is 11.5 Å². The maximum absolute atomic E-state index is 11.7. The molecule has 31 heavy (non-hydrogen) atoms. The van der Waals surface area contributed by atoms with Crippen molar-refractivity contribution in [2.45, 2.75) is 19.9 Å². The predicted octanol–water partition coefficient (Wildman–Crippen LogP) is 3.36. The summed E-state index contributed by atoms with van der Waals surface area (Å²) < 4.78 is 15.7. The molecule has 3 N–H and O–H groups in total. The average molecular weight is 423 g/mol. The van der Waals surface area contributed by atoms with Crippen molar-refractivity contribution in [2.24, 2.45) is 0 Å². The zero-order valence-electron chi connectivity index (χ0n) is 17.8. The van der Waals surface area contributed by atoms with Crippen molar-refractivity contribution in [3.63, 3.8) is 0 Å². The predicted molar refractivity (Wildman–Crippen MR) is 119 cm³/mol. The van der Waals surface area contributed by atoms with Crippen LogP contribution in [0.25, 0.3) is 10.9 Å². The van der Waals surface area contributed by atoms with Gasteiger partial charge in [-0.25, -0.2) is 9.78 Å². The van der Waals surface area contributed by atoms with Crippen LogP contribution in [-0.4, -0.2) is 43.4 Å². The number of rotatable bonds is 5. The van der Waals surface area contributed by atoms with Crippen molar-refractivity contribution in [1.82, 2.24) is 9.97 Å². The van der Waals surface area contributed by atoms with E-state index in [0.717, 1.165) is 18.5 Å². The lowest BCUT2D eigenvalue weighted by atomic mass is 9.99. The fourth-order valence-corrected chi connectivity index (χ4v) is 3.70. The minimum Gasteiger partial charge on any atom is -0.493 e. The Labute approximate surface area is 180 Å². The van der Waals surface area contributed by atoms with Crippen LogP contribution in [0.3, 0.4) is 0 Å². The molecule has 0 bridgehead atoms. The molecule has 3 aromatic rings. The Balaban J connectivity index is 1.63. The number of nitrogens with one attached hydrogen (secondary N) is 1. The third-order valence-electron chi connectivity index (χ3n) is 5.24. The Morgan fingerprint density at radius 3 is 2.65 bits per heavy atom. The smallest absolute Gasteiger partial charge is 0.411 e. The minimum atomic E-state index is -0.467. The highest BCUT2D eigenvalue weighted by atomic mass is 16.5. The molecule has 0 spiro atoms. The quantitative estimate of drug-likeness (QED) is 0.643. The second-order valence-corrected chi connectivity index (χ2v) is 7.13. The number of carbonyl (C=O) groups is 1. The number of amides is 1. The van der Waals surface area contributed by atoms with E-state index >= 15 is 0 Å². The Kier molecular flexibility index (Phi) is 5.66. The van der Waals surface area contributed by atoms with Gasteiger partial charge >= 0.3 is 6.09 Å². The number of ether oxygens (including phenoxy) is 3. The summed E-state index contributed by atoms with van der Waals surface area (Å²) in [5.74, 6) is 2.08. The topological polar surface area (TPSA) is 112 Å². The van der Waals surface area contributed by atoms with E-state index in [-0.39, 0.29) is 0 Å². The molecule has 0 saturated carbocycles. The molecule has 0 aliphatic carbocycles. The zero-order valence-corrected chi connectivity index (χ0v) is 17.8. The third-order valence-corrected chi connectivity index (χ3v) is 5.24. The minimum absolute atomic E-state index is 0.321. The van der Waals surface area contributed by atoms with Crippen molar-refractivity contribution >= 4 is 34.4 Å². The van der Waals surface area contributed by atoms with E-state index in [1.54, 1.807) is 33.3 Å². The van der Waals surface area contributed by atoms with Gasteiger partial charge in [0.25, 0.3) is 0 Å². The first-order valence-corrected chi connectivity index (χ1v) is 10.0. The van der Waals surface area contributed by atoms with Gasteiger partial charge in [0.1, 0.15) is 5.82 Å². The first-order valence-electron chi connectivity index (χ1n) is 10.0. The Morgan fingerprint density at radius 2 is 1.90 bits per heavy atom. The number of aromatic nitrogens is 2. The summed E-state index contributed by atoms with van der Waals surface area (Å²) in [6.07, 6.45) is 0.368. The van der Waals surface area contributed by atoms with Gasteiger partial charge in [-0.05, 0) is 42.7 Å². The van der Waals surface area contributed by atoms with Crippen molar-refractivity contribution in [2.75, 3.05) is 43.3 Å². The maximum atomic E-state index is 11.7. The van der Waals surface area contributed by atoms with E-state index < -0.39 is 6.09 Å². The second-order valence-electron chi connectivity index (χ2n) is 7.13. The number of hydrogen-bond donors (Lipinski definition) is 2. The first-order chi connectivity index (χ1) is 15.0.